The number of rotatable bonds is 4. The first-order valence-corrected chi connectivity index (χ1v) is 10.3. The Kier molecular flexibility index (Phi) is 5.90. The molecule has 2 aromatic heterocycles. The quantitative estimate of drug-likeness (QED) is 0.557. The number of carbonyl (C=O) groups is 1. The summed E-state index contributed by atoms with van der Waals surface area (Å²) >= 11 is 0. The Morgan fingerprint density at radius 2 is 1.78 bits per heavy atom. The monoisotopic (exact) mass is 444 g/mol. The van der Waals surface area contributed by atoms with Gasteiger partial charge in [0.1, 0.15) is 11.3 Å². The van der Waals surface area contributed by atoms with Crippen molar-refractivity contribution in [3.05, 3.63) is 71.4 Å². The molecule has 1 aromatic carbocycles. The predicted molar refractivity (Wildman–Crippen MR) is 113 cm³/mol. The lowest BCUT2D eigenvalue weighted by Crippen LogP contribution is -2.45. The zero-order chi connectivity index (χ0) is 22.9. The van der Waals surface area contributed by atoms with Crippen LogP contribution in [-0.2, 0) is 6.18 Å². The van der Waals surface area contributed by atoms with Gasteiger partial charge in [0.2, 0.25) is 0 Å². The van der Waals surface area contributed by atoms with Crippen molar-refractivity contribution in [2.24, 2.45) is 0 Å². The lowest BCUT2D eigenvalue weighted by Gasteiger charge is -2.39. The van der Waals surface area contributed by atoms with E-state index in [1.165, 1.54) is 12.1 Å². The molecule has 3 aromatic rings. The van der Waals surface area contributed by atoms with Crippen molar-refractivity contribution >= 4 is 17.3 Å². The van der Waals surface area contributed by atoms with Gasteiger partial charge in [-0.15, -0.1) is 0 Å². The highest BCUT2D eigenvalue weighted by Gasteiger charge is 2.33. The van der Waals surface area contributed by atoms with Gasteiger partial charge in [0.25, 0.3) is 5.91 Å². The van der Waals surface area contributed by atoms with E-state index in [0.717, 1.165) is 17.8 Å². The molecule has 32 heavy (non-hydrogen) atoms. The highest BCUT2D eigenvalue weighted by atomic mass is 19.4. The molecule has 168 valence electrons. The Morgan fingerprint density at radius 1 is 1.09 bits per heavy atom. The van der Waals surface area contributed by atoms with Gasteiger partial charge in [0.05, 0.1) is 23.1 Å². The number of aryl methyl sites for hydroxylation is 2. The summed E-state index contributed by atoms with van der Waals surface area (Å²) in [6, 6.07) is 8.83. The molecule has 1 amide bonds. The van der Waals surface area contributed by atoms with Crippen molar-refractivity contribution in [3.63, 3.8) is 0 Å². The number of aromatic nitrogens is 2. The van der Waals surface area contributed by atoms with E-state index in [-0.39, 0.29) is 11.9 Å². The summed E-state index contributed by atoms with van der Waals surface area (Å²) in [7, 11) is 0. The largest absolute Gasteiger partial charge is 0.416 e. The Hall–Kier alpha value is -3.36. The molecule has 0 saturated carbocycles. The highest BCUT2D eigenvalue weighted by Crippen LogP contribution is 2.35. The van der Waals surface area contributed by atoms with Crippen molar-refractivity contribution in [3.8, 4) is 0 Å². The van der Waals surface area contributed by atoms with Crippen LogP contribution in [0.3, 0.4) is 0 Å². The zero-order valence-electron chi connectivity index (χ0n) is 17.8. The number of hydrogen-bond donors (Lipinski definition) is 0. The average molecular weight is 444 g/mol. The minimum Gasteiger partial charge on any atom is -0.361 e. The summed E-state index contributed by atoms with van der Waals surface area (Å²) in [6.07, 6.45) is 0.274. The first kappa shape index (κ1) is 21.9. The molecule has 1 aliphatic heterocycles. The van der Waals surface area contributed by atoms with Gasteiger partial charge < -0.3 is 14.3 Å². The number of hydrogen-bond acceptors (Lipinski definition) is 5. The van der Waals surface area contributed by atoms with E-state index in [1.54, 1.807) is 37.2 Å². The number of likely N-dealkylation sites (tertiary alicyclic amines) is 1. The molecule has 0 atom stereocenters. The fourth-order valence-corrected chi connectivity index (χ4v) is 4.15. The number of anilines is 2. The molecule has 4 rings (SSSR count). The third-order valence-electron chi connectivity index (χ3n) is 5.76. The van der Waals surface area contributed by atoms with Gasteiger partial charge in [-0.25, -0.2) is 0 Å². The number of nitrogens with zero attached hydrogens (tertiary/aromatic N) is 4. The molecule has 0 radical (unpaired) electrons. The minimum atomic E-state index is -4.39. The number of alkyl halides is 3. The molecule has 0 aliphatic carbocycles. The second-order valence-corrected chi connectivity index (χ2v) is 7.85. The summed E-state index contributed by atoms with van der Waals surface area (Å²) in [5, 5.41) is 3.86. The van der Waals surface area contributed by atoms with Gasteiger partial charge in [-0.1, -0.05) is 5.16 Å². The maximum atomic E-state index is 13.0. The summed E-state index contributed by atoms with van der Waals surface area (Å²) < 4.78 is 44.2. The number of amides is 1. The van der Waals surface area contributed by atoms with E-state index in [0.29, 0.717) is 48.6 Å². The maximum absolute atomic E-state index is 13.0. The molecule has 0 N–H and O–H groups in total. The number of carbonyl (C=O) groups excluding carboxylic acids is 1. The standard InChI is InChI=1S/C23H23F3N4O2/c1-15-21(16(2)32-28-15)22(31)29-12-9-19(10-13-29)30(20-4-3-11-27-14-20)18-7-5-17(6-8-18)23(24,25)26/h3-8,11,14,19H,9-10,12-13H2,1-2H3. The van der Waals surface area contributed by atoms with E-state index in [1.807, 2.05) is 11.0 Å². The van der Waals surface area contributed by atoms with Crippen LogP contribution in [0.1, 0.15) is 40.2 Å². The average Bonchev–Trinajstić information content (AvgIpc) is 3.12. The van der Waals surface area contributed by atoms with Gasteiger partial charge in [0, 0.05) is 31.0 Å². The maximum Gasteiger partial charge on any atom is 0.416 e. The Bertz CT molecular complexity index is 1050. The topological polar surface area (TPSA) is 62.5 Å². The van der Waals surface area contributed by atoms with Crippen LogP contribution < -0.4 is 4.90 Å². The van der Waals surface area contributed by atoms with E-state index in [9.17, 15) is 18.0 Å². The van der Waals surface area contributed by atoms with Crippen LogP contribution in [0.25, 0.3) is 0 Å². The molecule has 3 heterocycles. The number of halogens is 3. The Labute approximate surface area is 183 Å². The van der Waals surface area contributed by atoms with Crippen molar-refractivity contribution in [1.82, 2.24) is 15.0 Å². The third kappa shape index (κ3) is 4.32. The van der Waals surface area contributed by atoms with Crippen molar-refractivity contribution in [1.29, 1.82) is 0 Å². The third-order valence-corrected chi connectivity index (χ3v) is 5.76. The van der Waals surface area contributed by atoms with E-state index in [2.05, 4.69) is 10.1 Å². The molecule has 1 saturated heterocycles. The number of piperidine rings is 1. The van der Waals surface area contributed by atoms with Crippen LogP contribution in [0, 0.1) is 13.8 Å². The summed E-state index contributed by atoms with van der Waals surface area (Å²) in [4.78, 5) is 20.9. The summed E-state index contributed by atoms with van der Waals surface area (Å²) in [5.74, 6) is 0.388. The fraction of sp³-hybridized carbons (Fsp3) is 0.348. The van der Waals surface area contributed by atoms with Crippen LogP contribution in [0.15, 0.2) is 53.3 Å². The lowest BCUT2D eigenvalue weighted by atomic mass is 10.00. The Morgan fingerprint density at radius 3 is 2.31 bits per heavy atom. The molecule has 1 aliphatic rings. The summed E-state index contributed by atoms with van der Waals surface area (Å²) in [5.41, 5.74) is 1.82. The molecule has 9 heteroatoms. The van der Waals surface area contributed by atoms with Gasteiger partial charge >= 0.3 is 6.18 Å². The van der Waals surface area contributed by atoms with Crippen LogP contribution in [-0.4, -0.2) is 40.1 Å². The van der Waals surface area contributed by atoms with Crippen molar-refractivity contribution in [2.45, 2.75) is 38.9 Å². The van der Waals surface area contributed by atoms with Crippen molar-refractivity contribution in [2.75, 3.05) is 18.0 Å². The first-order valence-electron chi connectivity index (χ1n) is 10.3. The molecular weight excluding hydrogens is 421 g/mol. The molecule has 0 bridgehead atoms. The Balaban J connectivity index is 1.55. The molecular formula is C23H23F3N4O2. The summed E-state index contributed by atoms with van der Waals surface area (Å²) in [6.45, 7) is 4.50. The van der Waals surface area contributed by atoms with Gasteiger partial charge in [0.15, 0.2) is 0 Å². The molecule has 0 unspecified atom stereocenters. The lowest BCUT2D eigenvalue weighted by molar-refractivity contribution is -0.137. The minimum absolute atomic E-state index is 0.00431. The first-order chi connectivity index (χ1) is 15.3. The van der Waals surface area contributed by atoms with E-state index in [4.69, 9.17) is 4.52 Å². The van der Waals surface area contributed by atoms with E-state index < -0.39 is 11.7 Å². The smallest absolute Gasteiger partial charge is 0.361 e. The second kappa shape index (κ2) is 8.64. The van der Waals surface area contributed by atoms with Crippen LogP contribution in [0.4, 0.5) is 24.5 Å². The van der Waals surface area contributed by atoms with Crippen LogP contribution in [0.2, 0.25) is 0 Å². The van der Waals surface area contributed by atoms with Gasteiger partial charge in [-0.3, -0.25) is 9.78 Å². The van der Waals surface area contributed by atoms with Crippen LogP contribution >= 0.6 is 0 Å². The van der Waals surface area contributed by atoms with Gasteiger partial charge in [-0.2, -0.15) is 13.2 Å². The van der Waals surface area contributed by atoms with Crippen LogP contribution in [0.5, 0.6) is 0 Å². The highest BCUT2D eigenvalue weighted by molar-refractivity contribution is 5.96. The number of pyridine rings is 1. The fourth-order valence-electron chi connectivity index (χ4n) is 4.15. The second-order valence-electron chi connectivity index (χ2n) is 7.85. The van der Waals surface area contributed by atoms with E-state index >= 15 is 0 Å². The predicted octanol–water partition coefficient (Wildman–Crippen LogP) is 5.15. The zero-order valence-corrected chi connectivity index (χ0v) is 17.8. The normalized spacial score (nSPS) is 15.1. The number of benzene rings is 1. The van der Waals surface area contributed by atoms with Gasteiger partial charge in [-0.05, 0) is 63.1 Å². The molecule has 0 spiro atoms. The SMILES string of the molecule is Cc1noc(C)c1C(=O)N1CCC(N(c2ccc(C(F)(F)F)cc2)c2cccnc2)CC1. The molecule has 6 nitrogen and oxygen atoms in total. The molecule has 1 fully saturated rings. The van der Waals surface area contributed by atoms with Crippen molar-refractivity contribution < 1.29 is 22.5 Å².